The van der Waals surface area contributed by atoms with Crippen molar-refractivity contribution >= 4 is 22.9 Å². The molecule has 0 radical (unpaired) electrons. The molecule has 1 aromatic carbocycles. The Kier molecular flexibility index (Phi) is 4.73. The van der Waals surface area contributed by atoms with E-state index in [0.717, 1.165) is 30.1 Å². The van der Waals surface area contributed by atoms with Crippen LogP contribution in [0, 0.1) is 17.5 Å². The SMILES string of the molecule is Fc1cc(F)c([C@H](c2ccc(Cl)s2)N2CCNCC2)c(F)c1. The van der Waals surface area contributed by atoms with E-state index < -0.39 is 23.5 Å². The van der Waals surface area contributed by atoms with Gasteiger partial charge in [-0.15, -0.1) is 11.3 Å². The van der Waals surface area contributed by atoms with Crippen LogP contribution in [0.15, 0.2) is 24.3 Å². The number of thiophene rings is 1. The summed E-state index contributed by atoms with van der Waals surface area (Å²) in [6.45, 7) is 2.77. The lowest BCUT2D eigenvalue weighted by atomic mass is 10.0. The maximum atomic E-state index is 14.3. The molecule has 0 unspecified atom stereocenters. The highest BCUT2D eigenvalue weighted by molar-refractivity contribution is 7.16. The van der Waals surface area contributed by atoms with Crippen molar-refractivity contribution < 1.29 is 13.2 Å². The first-order valence-corrected chi connectivity index (χ1v) is 8.10. The Morgan fingerprint density at radius 1 is 1.09 bits per heavy atom. The van der Waals surface area contributed by atoms with Crippen molar-refractivity contribution in [3.05, 3.63) is 56.5 Å². The first kappa shape index (κ1) is 15.8. The number of nitrogens with zero attached hydrogens (tertiary/aromatic N) is 1. The summed E-state index contributed by atoms with van der Waals surface area (Å²) in [4.78, 5) is 2.73. The fourth-order valence-corrected chi connectivity index (χ4v) is 3.94. The second-order valence-electron chi connectivity index (χ2n) is 5.11. The molecular formula is C15H14ClF3N2S. The molecule has 1 atom stereocenters. The normalized spacial score (nSPS) is 17.6. The van der Waals surface area contributed by atoms with E-state index in [1.54, 1.807) is 12.1 Å². The monoisotopic (exact) mass is 346 g/mol. The van der Waals surface area contributed by atoms with Gasteiger partial charge in [0.15, 0.2) is 0 Å². The average Bonchev–Trinajstić information content (AvgIpc) is 2.89. The molecule has 0 saturated carbocycles. The van der Waals surface area contributed by atoms with Crippen LogP contribution in [0.25, 0.3) is 0 Å². The van der Waals surface area contributed by atoms with Crippen molar-refractivity contribution in [3.63, 3.8) is 0 Å². The summed E-state index contributed by atoms with van der Waals surface area (Å²) in [7, 11) is 0. The van der Waals surface area contributed by atoms with E-state index >= 15 is 0 Å². The Balaban J connectivity index is 2.09. The molecule has 118 valence electrons. The third-order valence-corrected chi connectivity index (χ3v) is 4.98. The molecule has 2 heterocycles. The van der Waals surface area contributed by atoms with Crippen molar-refractivity contribution in [1.29, 1.82) is 0 Å². The summed E-state index contributed by atoms with van der Waals surface area (Å²) < 4.78 is 42.3. The predicted molar refractivity (Wildman–Crippen MR) is 81.9 cm³/mol. The number of halogens is 4. The zero-order chi connectivity index (χ0) is 15.7. The van der Waals surface area contributed by atoms with Gasteiger partial charge >= 0.3 is 0 Å². The van der Waals surface area contributed by atoms with Gasteiger partial charge in [0.05, 0.1) is 10.4 Å². The number of rotatable bonds is 3. The van der Waals surface area contributed by atoms with Gasteiger partial charge in [-0.25, -0.2) is 13.2 Å². The summed E-state index contributed by atoms with van der Waals surface area (Å²) in [6.07, 6.45) is 0. The third kappa shape index (κ3) is 3.15. The molecule has 0 amide bonds. The third-order valence-electron chi connectivity index (χ3n) is 3.70. The van der Waals surface area contributed by atoms with E-state index in [-0.39, 0.29) is 5.56 Å². The topological polar surface area (TPSA) is 15.3 Å². The molecular weight excluding hydrogens is 333 g/mol. The van der Waals surface area contributed by atoms with E-state index in [2.05, 4.69) is 5.32 Å². The first-order chi connectivity index (χ1) is 10.6. The Labute approximate surface area is 135 Å². The highest BCUT2D eigenvalue weighted by Crippen LogP contribution is 2.37. The summed E-state index contributed by atoms with van der Waals surface area (Å²) in [5, 5.41) is 3.20. The minimum Gasteiger partial charge on any atom is -0.314 e. The first-order valence-electron chi connectivity index (χ1n) is 6.90. The van der Waals surface area contributed by atoms with E-state index in [0.29, 0.717) is 17.4 Å². The van der Waals surface area contributed by atoms with Gasteiger partial charge < -0.3 is 5.32 Å². The molecule has 2 aromatic rings. The Morgan fingerprint density at radius 2 is 1.73 bits per heavy atom. The summed E-state index contributed by atoms with van der Waals surface area (Å²) in [6, 6.07) is 4.32. The molecule has 1 aliphatic rings. The number of piperazine rings is 1. The molecule has 0 aliphatic carbocycles. The lowest BCUT2D eigenvalue weighted by Crippen LogP contribution is -2.45. The molecule has 0 spiro atoms. The standard InChI is InChI=1S/C15H14ClF3N2S/c16-13-2-1-12(22-13)15(21-5-3-20-4-6-21)14-10(18)7-9(17)8-11(14)19/h1-2,7-8,15,20H,3-6H2/t15-/m0/s1. The minimum atomic E-state index is -0.915. The second-order valence-corrected chi connectivity index (χ2v) is 6.86. The second kappa shape index (κ2) is 6.58. The molecule has 2 nitrogen and oxygen atoms in total. The lowest BCUT2D eigenvalue weighted by Gasteiger charge is -2.35. The predicted octanol–water partition coefficient (Wildman–Crippen LogP) is 3.81. The van der Waals surface area contributed by atoms with Crippen LogP contribution in [-0.4, -0.2) is 31.1 Å². The molecule has 1 fully saturated rings. The average molecular weight is 347 g/mol. The molecule has 1 aromatic heterocycles. The van der Waals surface area contributed by atoms with Crippen LogP contribution in [0.2, 0.25) is 4.34 Å². The van der Waals surface area contributed by atoms with Gasteiger partial charge in [0, 0.05) is 48.8 Å². The van der Waals surface area contributed by atoms with Crippen LogP contribution < -0.4 is 5.32 Å². The number of nitrogens with one attached hydrogen (secondary N) is 1. The van der Waals surface area contributed by atoms with Crippen molar-refractivity contribution in [2.75, 3.05) is 26.2 Å². The highest BCUT2D eigenvalue weighted by atomic mass is 35.5. The van der Waals surface area contributed by atoms with E-state index in [1.807, 2.05) is 4.90 Å². The summed E-state index contributed by atoms with van der Waals surface area (Å²) in [5.41, 5.74) is -0.123. The highest BCUT2D eigenvalue weighted by Gasteiger charge is 2.30. The van der Waals surface area contributed by atoms with Gasteiger partial charge in [-0.3, -0.25) is 4.90 Å². The molecule has 7 heteroatoms. The van der Waals surface area contributed by atoms with Crippen LogP contribution in [-0.2, 0) is 0 Å². The molecule has 0 bridgehead atoms. The summed E-state index contributed by atoms with van der Waals surface area (Å²) in [5.74, 6) is -2.65. The largest absolute Gasteiger partial charge is 0.314 e. The van der Waals surface area contributed by atoms with Gasteiger partial charge in [0.2, 0.25) is 0 Å². The quantitative estimate of drug-likeness (QED) is 0.909. The van der Waals surface area contributed by atoms with Gasteiger partial charge in [0.25, 0.3) is 0 Å². The van der Waals surface area contributed by atoms with Gasteiger partial charge in [-0.1, -0.05) is 11.6 Å². The van der Waals surface area contributed by atoms with Gasteiger partial charge in [-0.05, 0) is 12.1 Å². The van der Waals surface area contributed by atoms with E-state index in [4.69, 9.17) is 11.6 Å². The Morgan fingerprint density at radius 3 is 2.27 bits per heavy atom. The van der Waals surface area contributed by atoms with Crippen LogP contribution in [0.5, 0.6) is 0 Å². The molecule has 1 aliphatic heterocycles. The van der Waals surface area contributed by atoms with Crippen molar-refractivity contribution in [2.45, 2.75) is 6.04 Å². The van der Waals surface area contributed by atoms with E-state index in [9.17, 15) is 13.2 Å². The minimum absolute atomic E-state index is 0.123. The van der Waals surface area contributed by atoms with Crippen LogP contribution >= 0.6 is 22.9 Å². The maximum Gasteiger partial charge on any atom is 0.134 e. The maximum absolute atomic E-state index is 14.3. The zero-order valence-electron chi connectivity index (χ0n) is 11.6. The Bertz CT molecular complexity index is 648. The molecule has 1 N–H and O–H groups in total. The van der Waals surface area contributed by atoms with E-state index in [1.165, 1.54) is 11.3 Å². The smallest absolute Gasteiger partial charge is 0.134 e. The fourth-order valence-electron chi connectivity index (χ4n) is 2.73. The number of hydrogen-bond donors (Lipinski definition) is 1. The van der Waals surface area contributed by atoms with Crippen molar-refractivity contribution in [3.8, 4) is 0 Å². The number of benzene rings is 1. The number of hydrogen-bond acceptors (Lipinski definition) is 3. The van der Waals surface area contributed by atoms with Gasteiger partial charge in [0.1, 0.15) is 17.5 Å². The summed E-state index contributed by atoms with van der Waals surface area (Å²) >= 11 is 7.26. The fraction of sp³-hybridized carbons (Fsp3) is 0.333. The molecule has 3 rings (SSSR count). The Hall–Kier alpha value is -1.08. The van der Waals surface area contributed by atoms with Crippen LogP contribution in [0.3, 0.4) is 0 Å². The van der Waals surface area contributed by atoms with Gasteiger partial charge in [-0.2, -0.15) is 0 Å². The lowest BCUT2D eigenvalue weighted by molar-refractivity contribution is 0.194. The van der Waals surface area contributed by atoms with Crippen molar-refractivity contribution in [2.24, 2.45) is 0 Å². The molecule has 22 heavy (non-hydrogen) atoms. The molecule has 1 saturated heterocycles. The van der Waals surface area contributed by atoms with Crippen LogP contribution in [0.4, 0.5) is 13.2 Å². The zero-order valence-corrected chi connectivity index (χ0v) is 13.2. The van der Waals surface area contributed by atoms with Crippen LogP contribution in [0.1, 0.15) is 16.5 Å². The van der Waals surface area contributed by atoms with Crippen molar-refractivity contribution in [1.82, 2.24) is 10.2 Å².